The lowest BCUT2D eigenvalue weighted by molar-refractivity contribution is -0.0300. The molecule has 0 aromatic carbocycles. The average molecular weight is 187 g/mol. The Morgan fingerprint density at radius 1 is 1.00 bits per heavy atom. The van der Waals surface area contributed by atoms with Crippen LogP contribution in [-0.2, 0) is 0 Å². The number of likely N-dealkylation sites (N-methyl/N-ethyl adjacent to an activating group) is 1. The SMILES string of the molecule is CCN(CC)C(C)(CO)C(C)(C)C. The molecule has 0 amide bonds. The molecule has 0 heterocycles. The molecule has 0 aliphatic rings. The number of hydrogen-bond donors (Lipinski definition) is 1. The minimum atomic E-state index is -0.115. The standard InChI is InChI=1S/C11H25NO/c1-7-12(8-2)11(6,9-13)10(3,4)5/h13H,7-9H2,1-6H3. The zero-order chi connectivity index (χ0) is 10.7. The highest BCUT2D eigenvalue weighted by molar-refractivity contribution is 4.95. The summed E-state index contributed by atoms with van der Waals surface area (Å²) in [6.07, 6.45) is 0. The molecule has 1 unspecified atom stereocenters. The smallest absolute Gasteiger partial charge is 0.0617 e. The lowest BCUT2D eigenvalue weighted by Crippen LogP contribution is -2.57. The van der Waals surface area contributed by atoms with Crippen LogP contribution in [0.4, 0.5) is 0 Å². The van der Waals surface area contributed by atoms with Gasteiger partial charge in [-0.2, -0.15) is 0 Å². The van der Waals surface area contributed by atoms with Gasteiger partial charge in [0.2, 0.25) is 0 Å². The van der Waals surface area contributed by atoms with E-state index in [1.807, 2.05) is 0 Å². The molecule has 0 aliphatic heterocycles. The van der Waals surface area contributed by atoms with Crippen LogP contribution in [0.3, 0.4) is 0 Å². The van der Waals surface area contributed by atoms with Gasteiger partial charge in [-0.15, -0.1) is 0 Å². The third kappa shape index (κ3) is 2.44. The van der Waals surface area contributed by atoms with Gasteiger partial charge < -0.3 is 5.11 Å². The molecule has 0 rings (SSSR count). The summed E-state index contributed by atoms with van der Waals surface area (Å²) in [5.41, 5.74) is -0.00965. The first-order valence-electron chi connectivity index (χ1n) is 5.19. The van der Waals surface area contributed by atoms with Crippen molar-refractivity contribution in [2.45, 2.75) is 47.1 Å². The summed E-state index contributed by atoms with van der Waals surface area (Å²) in [4.78, 5) is 2.33. The van der Waals surface area contributed by atoms with Crippen molar-refractivity contribution in [1.82, 2.24) is 4.90 Å². The summed E-state index contributed by atoms with van der Waals surface area (Å²) in [6.45, 7) is 15.2. The summed E-state index contributed by atoms with van der Waals surface area (Å²) in [5.74, 6) is 0. The van der Waals surface area contributed by atoms with Gasteiger partial charge in [-0.3, -0.25) is 4.90 Å². The Morgan fingerprint density at radius 3 is 1.46 bits per heavy atom. The molecule has 0 radical (unpaired) electrons. The molecule has 0 aromatic heterocycles. The van der Waals surface area contributed by atoms with Gasteiger partial charge in [-0.1, -0.05) is 34.6 Å². The fourth-order valence-electron chi connectivity index (χ4n) is 1.73. The predicted molar refractivity (Wildman–Crippen MR) is 57.9 cm³/mol. The molecule has 0 spiro atoms. The van der Waals surface area contributed by atoms with E-state index >= 15 is 0 Å². The van der Waals surface area contributed by atoms with Crippen molar-refractivity contribution in [2.24, 2.45) is 5.41 Å². The second-order valence-electron chi connectivity index (χ2n) is 4.85. The monoisotopic (exact) mass is 187 g/mol. The van der Waals surface area contributed by atoms with Crippen LogP contribution in [-0.4, -0.2) is 35.2 Å². The maximum Gasteiger partial charge on any atom is 0.0617 e. The number of rotatable bonds is 4. The molecule has 1 atom stereocenters. The highest BCUT2D eigenvalue weighted by Gasteiger charge is 2.40. The maximum absolute atomic E-state index is 9.51. The van der Waals surface area contributed by atoms with E-state index in [0.717, 1.165) is 13.1 Å². The Balaban J connectivity index is 4.80. The molecule has 0 fully saturated rings. The van der Waals surface area contributed by atoms with E-state index in [9.17, 15) is 5.11 Å². The summed E-state index contributed by atoms with van der Waals surface area (Å²) >= 11 is 0. The van der Waals surface area contributed by atoms with Crippen LogP contribution in [0, 0.1) is 5.41 Å². The van der Waals surface area contributed by atoms with Gasteiger partial charge >= 0.3 is 0 Å². The molecule has 0 aromatic rings. The van der Waals surface area contributed by atoms with Crippen molar-refractivity contribution in [3.63, 3.8) is 0 Å². The highest BCUT2D eigenvalue weighted by Crippen LogP contribution is 2.34. The Hall–Kier alpha value is -0.0800. The van der Waals surface area contributed by atoms with Crippen molar-refractivity contribution in [3.05, 3.63) is 0 Å². The number of aliphatic hydroxyl groups is 1. The van der Waals surface area contributed by atoms with Crippen molar-refractivity contribution in [1.29, 1.82) is 0 Å². The minimum absolute atomic E-state index is 0.105. The van der Waals surface area contributed by atoms with Crippen molar-refractivity contribution < 1.29 is 5.11 Å². The van der Waals surface area contributed by atoms with Crippen molar-refractivity contribution in [2.75, 3.05) is 19.7 Å². The predicted octanol–water partition coefficient (Wildman–Crippen LogP) is 2.13. The van der Waals surface area contributed by atoms with Gasteiger partial charge in [-0.25, -0.2) is 0 Å². The molecule has 0 saturated heterocycles. The summed E-state index contributed by atoms with van der Waals surface area (Å²) in [7, 11) is 0. The second-order valence-corrected chi connectivity index (χ2v) is 4.85. The molecule has 0 bridgehead atoms. The minimum Gasteiger partial charge on any atom is -0.394 e. The van der Waals surface area contributed by atoms with Gasteiger partial charge in [0.1, 0.15) is 0 Å². The second kappa shape index (κ2) is 4.43. The first kappa shape index (κ1) is 12.9. The van der Waals surface area contributed by atoms with Gasteiger partial charge in [0.15, 0.2) is 0 Å². The summed E-state index contributed by atoms with van der Waals surface area (Å²) in [5, 5.41) is 9.51. The zero-order valence-corrected chi connectivity index (χ0v) is 10.0. The van der Waals surface area contributed by atoms with Crippen LogP contribution in [0.1, 0.15) is 41.5 Å². The van der Waals surface area contributed by atoms with Crippen LogP contribution < -0.4 is 0 Å². The highest BCUT2D eigenvalue weighted by atomic mass is 16.3. The van der Waals surface area contributed by atoms with Crippen molar-refractivity contribution in [3.8, 4) is 0 Å². The first-order valence-corrected chi connectivity index (χ1v) is 5.19. The fourth-order valence-corrected chi connectivity index (χ4v) is 1.73. The van der Waals surface area contributed by atoms with Crippen LogP contribution in [0.15, 0.2) is 0 Å². The average Bonchev–Trinajstić information content (AvgIpc) is 2.04. The topological polar surface area (TPSA) is 23.5 Å². The number of aliphatic hydroxyl groups excluding tert-OH is 1. The lowest BCUT2D eigenvalue weighted by atomic mass is 9.74. The number of nitrogens with zero attached hydrogens (tertiary/aromatic N) is 1. The number of hydrogen-bond acceptors (Lipinski definition) is 2. The molecular weight excluding hydrogens is 162 g/mol. The van der Waals surface area contributed by atoms with Crippen LogP contribution in [0.25, 0.3) is 0 Å². The first-order chi connectivity index (χ1) is 5.83. The van der Waals surface area contributed by atoms with Crippen LogP contribution >= 0.6 is 0 Å². The molecule has 1 N–H and O–H groups in total. The molecule has 13 heavy (non-hydrogen) atoms. The normalized spacial score (nSPS) is 17.5. The Morgan fingerprint density at radius 2 is 1.38 bits per heavy atom. The fraction of sp³-hybridized carbons (Fsp3) is 1.00. The summed E-state index contributed by atoms with van der Waals surface area (Å²) < 4.78 is 0. The Bertz CT molecular complexity index is 147. The zero-order valence-electron chi connectivity index (χ0n) is 10.0. The van der Waals surface area contributed by atoms with E-state index in [2.05, 4.69) is 46.4 Å². The van der Waals surface area contributed by atoms with Gasteiger partial charge in [0.05, 0.1) is 6.61 Å². The van der Waals surface area contributed by atoms with Crippen LogP contribution in [0.5, 0.6) is 0 Å². The van der Waals surface area contributed by atoms with Crippen molar-refractivity contribution >= 4 is 0 Å². The van der Waals surface area contributed by atoms with Gasteiger partial charge in [0, 0.05) is 5.54 Å². The quantitative estimate of drug-likeness (QED) is 0.729. The summed E-state index contributed by atoms with van der Waals surface area (Å²) in [6, 6.07) is 0. The Labute approximate surface area is 82.9 Å². The van der Waals surface area contributed by atoms with E-state index < -0.39 is 0 Å². The molecule has 2 heteroatoms. The van der Waals surface area contributed by atoms with E-state index in [1.165, 1.54) is 0 Å². The van der Waals surface area contributed by atoms with E-state index in [0.29, 0.717) is 0 Å². The van der Waals surface area contributed by atoms with E-state index in [-0.39, 0.29) is 17.6 Å². The maximum atomic E-state index is 9.51. The molecule has 2 nitrogen and oxygen atoms in total. The molecule has 80 valence electrons. The third-order valence-electron chi connectivity index (χ3n) is 3.39. The third-order valence-corrected chi connectivity index (χ3v) is 3.39. The molecule has 0 aliphatic carbocycles. The molecular formula is C11H25NO. The van der Waals surface area contributed by atoms with E-state index in [1.54, 1.807) is 0 Å². The van der Waals surface area contributed by atoms with E-state index in [4.69, 9.17) is 0 Å². The molecule has 0 saturated carbocycles. The van der Waals surface area contributed by atoms with Gasteiger partial charge in [-0.05, 0) is 25.4 Å². The lowest BCUT2D eigenvalue weighted by Gasteiger charge is -2.48. The van der Waals surface area contributed by atoms with Gasteiger partial charge in [0.25, 0.3) is 0 Å². The Kier molecular flexibility index (Phi) is 4.40. The van der Waals surface area contributed by atoms with Crippen LogP contribution in [0.2, 0.25) is 0 Å². The largest absolute Gasteiger partial charge is 0.394 e.